The Morgan fingerprint density at radius 1 is 1.36 bits per heavy atom. The summed E-state index contributed by atoms with van der Waals surface area (Å²) in [6.45, 7) is -0.635. The summed E-state index contributed by atoms with van der Waals surface area (Å²) in [7, 11) is 0. The first kappa shape index (κ1) is 12.5. The smallest absolute Gasteiger partial charge is 0.417 e. The van der Waals surface area contributed by atoms with Gasteiger partial charge >= 0.3 is 11.9 Å². The Hall–Kier alpha value is -1.18. The lowest BCUT2D eigenvalue weighted by atomic mass is 10.7. The van der Waals surface area contributed by atoms with Crippen molar-refractivity contribution in [2.45, 2.75) is 0 Å². The second-order valence-corrected chi connectivity index (χ2v) is 1.16. The maximum Gasteiger partial charge on any atom is 0.417 e. The van der Waals surface area contributed by atoms with Gasteiger partial charge in [-0.25, -0.2) is 9.59 Å². The van der Waals surface area contributed by atoms with Crippen LogP contribution in [0.2, 0.25) is 0 Å². The molecular weight excluding hydrogens is 156 g/mol. The van der Waals surface area contributed by atoms with Gasteiger partial charge in [0.05, 0.1) is 6.61 Å². The fourth-order valence-electron chi connectivity index (χ4n) is 0.200. The van der Waals surface area contributed by atoms with E-state index in [4.69, 9.17) is 10.2 Å². The van der Waals surface area contributed by atoms with Crippen LogP contribution in [0.3, 0.4) is 0 Å². The van der Waals surface area contributed by atoms with Crippen molar-refractivity contribution in [2.24, 2.45) is 11.7 Å². The molecule has 0 amide bonds. The molecule has 0 saturated heterocycles. The largest absolute Gasteiger partial charge is 0.473 e. The van der Waals surface area contributed by atoms with Crippen LogP contribution >= 0.6 is 0 Å². The topological polar surface area (TPSA) is 136 Å². The number of hydrazine groups is 1. The van der Waals surface area contributed by atoms with E-state index in [0.29, 0.717) is 0 Å². The molecule has 0 aliphatic heterocycles. The molecule has 0 aliphatic carbocycles. The molecule has 0 aromatic heterocycles. The number of carboxylic acids is 1. The molecule has 0 rings (SSSR count). The molecule has 0 aliphatic rings. The standard InChI is InChI=1S/C4H6O5.H4N2/c5-1-2-9-4(8)3(6)7;1-2/h5H,1-2H2,(H,6,7);1-2H2. The number of rotatable bonds is 2. The third-order valence-corrected chi connectivity index (χ3v) is 0.499. The number of aliphatic carboxylic acids is 1. The molecular formula is C4H10N2O5. The highest BCUT2D eigenvalue weighted by molar-refractivity contribution is 6.28. The van der Waals surface area contributed by atoms with Gasteiger partial charge in [0.15, 0.2) is 0 Å². The van der Waals surface area contributed by atoms with Crippen molar-refractivity contribution in [3.05, 3.63) is 0 Å². The number of aliphatic hydroxyl groups excluding tert-OH is 1. The Morgan fingerprint density at radius 3 is 2.09 bits per heavy atom. The van der Waals surface area contributed by atoms with Gasteiger partial charge in [-0.1, -0.05) is 0 Å². The molecule has 0 aromatic rings. The highest BCUT2D eigenvalue weighted by Crippen LogP contribution is 1.75. The number of nitrogens with two attached hydrogens (primary N) is 2. The van der Waals surface area contributed by atoms with Crippen molar-refractivity contribution in [1.29, 1.82) is 0 Å². The predicted molar refractivity (Wildman–Crippen MR) is 34.1 cm³/mol. The zero-order chi connectivity index (χ0) is 9.28. The Morgan fingerprint density at radius 2 is 1.82 bits per heavy atom. The van der Waals surface area contributed by atoms with Gasteiger partial charge in [-0.05, 0) is 0 Å². The van der Waals surface area contributed by atoms with E-state index >= 15 is 0 Å². The van der Waals surface area contributed by atoms with E-state index in [1.165, 1.54) is 0 Å². The van der Waals surface area contributed by atoms with Crippen LogP contribution < -0.4 is 11.7 Å². The Labute approximate surface area is 62.5 Å². The fourth-order valence-corrected chi connectivity index (χ4v) is 0.200. The van der Waals surface area contributed by atoms with Gasteiger partial charge in [0, 0.05) is 0 Å². The van der Waals surface area contributed by atoms with Crippen molar-refractivity contribution in [1.82, 2.24) is 0 Å². The van der Waals surface area contributed by atoms with Crippen LogP contribution in [-0.2, 0) is 14.3 Å². The van der Waals surface area contributed by atoms with Gasteiger partial charge in [0.1, 0.15) is 6.61 Å². The third kappa shape index (κ3) is 8.82. The Balaban J connectivity index is 0. The number of hydrogen-bond acceptors (Lipinski definition) is 6. The van der Waals surface area contributed by atoms with Crippen molar-refractivity contribution >= 4 is 11.9 Å². The lowest BCUT2D eigenvalue weighted by molar-refractivity contribution is -0.164. The van der Waals surface area contributed by atoms with E-state index in [1.54, 1.807) is 0 Å². The van der Waals surface area contributed by atoms with Crippen LogP contribution in [0.15, 0.2) is 0 Å². The highest BCUT2D eigenvalue weighted by atomic mass is 16.6. The van der Waals surface area contributed by atoms with Gasteiger partial charge in [-0.2, -0.15) is 0 Å². The molecule has 7 nitrogen and oxygen atoms in total. The first-order valence-corrected chi connectivity index (χ1v) is 2.52. The zero-order valence-electron chi connectivity index (χ0n) is 5.69. The number of esters is 1. The molecule has 11 heavy (non-hydrogen) atoms. The van der Waals surface area contributed by atoms with Gasteiger partial charge in [-0.15, -0.1) is 0 Å². The normalized spacial score (nSPS) is 7.55. The molecule has 0 fully saturated rings. The second-order valence-electron chi connectivity index (χ2n) is 1.16. The molecule has 7 heteroatoms. The van der Waals surface area contributed by atoms with Gasteiger partial charge < -0.3 is 14.9 Å². The molecule has 0 heterocycles. The van der Waals surface area contributed by atoms with Crippen molar-refractivity contribution in [2.75, 3.05) is 13.2 Å². The SMILES string of the molecule is NN.O=C(O)C(=O)OCCO. The average molecular weight is 166 g/mol. The highest BCUT2D eigenvalue weighted by Gasteiger charge is 2.10. The van der Waals surface area contributed by atoms with Gasteiger partial charge in [-0.3, -0.25) is 11.7 Å². The number of carbonyl (C=O) groups excluding carboxylic acids is 1. The molecule has 0 unspecified atom stereocenters. The van der Waals surface area contributed by atoms with Crippen LogP contribution in [0.1, 0.15) is 0 Å². The summed E-state index contributed by atoms with van der Waals surface area (Å²) in [5.74, 6) is 5.01. The zero-order valence-corrected chi connectivity index (χ0v) is 5.69. The van der Waals surface area contributed by atoms with E-state index in [9.17, 15) is 9.59 Å². The quantitative estimate of drug-likeness (QED) is 0.153. The Bertz CT molecular complexity index is 126. The van der Waals surface area contributed by atoms with Crippen LogP contribution in [0.25, 0.3) is 0 Å². The first-order valence-electron chi connectivity index (χ1n) is 2.52. The van der Waals surface area contributed by atoms with Crippen LogP contribution in [0.4, 0.5) is 0 Å². The second kappa shape index (κ2) is 8.82. The number of hydrogen-bond donors (Lipinski definition) is 4. The van der Waals surface area contributed by atoms with Crippen LogP contribution in [0, 0.1) is 0 Å². The van der Waals surface area contributed by atoms with E-state index in [1.807, 2.05) is 0 Å². The minimum Gasteiger partial charge on any atom is -0.473 e. The number of carbonyl (C=O) groups is 2. The summed E-state index contributed by atoms with van der Waals surface area (Å²) in [5, 5.41) is 15.9. The van der Waals surface area contributed by atoms with E-state index in [0.717, 1.165) is 0 Å². The number of ether oxygens (including phenoxy) is 1. The van der Waals surface area contributed by atoms with Crippen molar-refractivity contribution < 1.29 is 24.5 Å². The maximum absolute atomic E-state index is 9.97. The number of carboxylic acid groups (broad SMARTS) is 1. The predicted octanol–water partition coefficient (Wildman–Crippen LogP) is -2.57. The summed E-state index contributed by atoms with van der Waals surface area (Å²) in [6.07, 6.45) is 0. The van der Waals surface area contributed by atoms with E-state index < -0.39 is 11.9 Å². The summed E-state index contributed by atoms with van der Waals surface area (Å²) in [4.78, 5) is 19.6. The molecule has 0 saturated carbocycles. The lowest BCUT2D eigenvalue weighted by Gasteiger charge is -1.94. The molecule has 6 N–H and O–H groups in total. The Kier molecular flexibility index (Phi) is 10.0. The molecule has 0 bridgehead atoms. The van der Waals surface area contributed by atoms with E-state index in [-0.39, 0.29) is 13.2 Å². The van der Waals surface area contributed by atoms with Crippen molar-refractivity contribution in [3.8, 4) is 0 Å². The number of aliphatic hydroxyl groups is 1. The minimum absolute atomic E-state index is 0.273. The van der Waals surface area contributed by atoms with Gasteiger partial charge in [0.2, 0.25) is 0 Å². The minimum atomic E-state index is -1.65. The average Bonchev–Trinajstić information content (AvgIpc) is 2.03. The fraction of sp³-hybridized carbons (Fsp3) is 0.500. The first-order chi connectivity index (χ1) is 5.18. The molecule has 0 spiro atoms. The monoisotopic (exact) mass is 166 g/mol. The molecule has 0 aromatic carbocycles. The van der Waals surface area contributed by atoms with E-state index in [2.05, 4.69) is 16.4 Å². The van der Waals surface area contributed by atoms with Gasteiger partial charge in [0.25, 0.3) is 0 Å². The molecule has 0 atom stereocenters. The molecule has 0 radical (unpaired) electrons. The van der Waals surface area contributed by atoms with Crippen LogP contribution in [0.5, 0.6) is 0 Å². The summed E-state index contributed by atoms with van der Waals surface area (Å²) < 4.78 is 3.96. The lowest BCUT2D eigenvalue weighted by Crippen LogP contribution is -2.17. The third-order valence-electron chi connectivity index (χ3n) is 0.499. The molecule has 66 valence electrons. The summed E-state index contributed by atoms with van der Waals surface area (Å²) in [5.41, 5.74) is 0. The summed E-state index contributed by atoms with van der Waals surface area (Å²) in [6, 6.07) is 0. The van der Waals surface area contributed by atoms with Crippen LogP contribution in [-0.4, -0.2) is 35.4 Å². The summed E-state index contributed by atoms with van der Waals surface area (Å²) >= 11 is 0. The maximum atomic E-state index is 9.97. The van der Waals surface area contributed by atoms with Crippen molar-refractivity contribution in [3.63, 3.8) is 0 Å².